The third-order valence-electron chi connectivity index (χ3n) is 3.40. The Bertz CT molecular complexity index is 854. The van der Waals surface area contributed by atoms with Crippen LogP contribution in [-0.2, 0) is 11.3 Å². The van der Waals surface area contributed by atoms with Crippen LogP contribution in [0.3, 0.4) is 0 Å². The SMILES string of the molecule is O=C1S/C(=C\c2cc(Cl)cc(Br)c2O)C(=O)N1Cc1ccccc1. The average molecular weight is 425 g/mol. The van der Waals surface area contributed by atoms with E-state index in [4.69, 9.17) is 11.6 Å². The van der Waals surface area contributed by atoms with Gasteiger partial charge >= 0.3 is 0 Å². The van der Waals surface area contributed by atoms with Gasteiger partial charge in [0.15, 0.2) is 0 Å². The van der Waals surface area contributed by atoms with Gasteiger partial charge in [-0.2, -0.15) is 0 Å². The fourth-order valence-corrected chi connectivity index (χ4v) is 3.90. The largest absolute Gasteiger partial charge is 0.506 e. The fraction of sp³-hybridized carbons (Fsp3) is 0.0588. The average Bonchev–Trinajstić information content (AvgIpc) is 2.81. The molecule has 0 radical (unpaired) electrons. The number of rotatable bonds is 3. The summed E-state index contributed by atoms with van der Waals surface area (Å²) in [6.45, 7) is 0.216. The minimum absolute atomic E-state index is 0.0331. The van der Waals surface area contributed by atoms with Crippen LogP contribution in [0.5, 0.6) is 5.75 Å². The van der Waals surface area contributed by atoms with Crippen molar-refractivity contribution in [3.05, 3.63) is 68.0 Å². The van der Waals surface area contributed by atoms with E-state index in [1.807, 2.05) is 30.3 Å². The number of carbonyl (C=O) groups is 2. The maximum absolute atomic E-state index is 12.5. The second-order valence-corrected chi connectivity index (χ2v) is 7.36. The van der Waals surface area contributed by atoms with E-state index in [9.17, 15) is 14.7 Å². The Hall–Kier alpha value is -1.76. The highest BCUT2D eigenvalue weighted by Gasteiger charge is 2.35. The zero-order chi connectivity index (χ0) is 17.3. The van der Waals surface area contributed by atoms with E-state index in [1.165, 1.54) is 17.0 Å². The molecule has 1 N–H and O–H groups in total. The first kappa shape index (κ1) is 17.1. The number of thioether (sulfide) groups is 1. The predicted octanol–water partition coefficient (Wildman–Crippen LogP) is 5.04. The molecule has 24 heavy (non-hydrogen) atoms. The van der Waals surface area contributed by atoms with Gasteiger partial charge in [-0.3, -0.25) is 14.5 Å². The molecule has 2 aromatic carbocycles. The molecule has 1 heterocycles. The Labute approximate surface area is 156 Å². The number of imide groups is 1. The molecular formula is C17H11BrClNO3S. The summed E-state index contributed by atoms with van der Waals surface area (Å²) in [5.74, 6) is -0.418. The number of benzene rings is 2. The molecule has 0 aliphatic carbocycles. The normalized spacial score (nSPS) is 16.2. The zero-order valence-electron chi connectivity index (χ0n) is 12.2. The molecule has 2 amide bonds. The molecule has 3 rings (SSSR count). The van der Waals surface area contributed by atoms with Crippen LogP contribution in [0.4, 0.5) is 4.79 Å². The van der Waals surface area contributed by atoms with Gasteiger partial charge in [0.25, 0.3) is 11.1 Å². The van der Waals surface area contributed by atoms with Crippen LogP contribution in [-0.4, -0.2) is 21.2 Å². The molecule has 0 bridgehead atoms. The smallest absolute Gasteiger partial charge is 0.293 e. The molecular weight excluding hydrogens is 414 g/mol. The fourth-order valence-electron chi connectivity index (χ4n) is 2.24. The van der Waals surface area contributed by atoms with Crippen LogP contribution in [0.15, 0.2) is 51.8 Å². The molecule has 0 atom stereocenters. The molecule has 0 spiro atoms. The third-order valence-corrected chi connectivity index (χ3v) is 5.13. The van der Waals surface area contributed by atoms with Crippen molar-refractivity contribution in [2.75, 3.05) is 0 Å². The monoisotopic (exact) mass is 423 g/mol. The summed E-state index contributed by atoms with van der Waals surface area (Å²) in [4.78, 5) is 26.1. The summed E-state index contributed by atoms with van der Waals surface area (Å²) in [5.41, 5.74) is 1.24. The van der Waals surface area contributed by atoms with Gasteiger partial charge in [-0.1, -0.05) is 41.9 Å². The number of carbonyl (C=O) groups excluding carboxylic acids is 2. The van der Waals surface area contributed by atoms with Gasteiger partial charge in [0, 0.05) is 10.6 Å². The van der Waals surface area contributed by atoms with Crippen LogP contribution in [0, 0.1) is 0 Å². The number of hydrogen-bond donors (Lipinski definition) is 1. The third kappa shape index (κ3) is 3.50. The Morgan fingerprint density at radius 3 is 2.62 bits per heavy atom. The van der Waals surface area contributed by atoms with Crippen molar-refractivity contribution in [1.82, 2.24) is 4.90 Å². The summed E-state index contributed by atoms with van der Waals surface area (Å²) in [7, 11) is 0. The van der Waals surface area contributed by atoms with E-state index in [1.54, 1.807) is 6.07 Å². The van der Waals surface area contributed by atoms with Gasteiger partial charge in [0.1, 0.15) is 5.75 Å². The summed E-state index contributed by atoms with van der Waals surface area (Å²) < 4.78 is 0.421. The molecule has 122 valence electrons. The van der Waals surface area contributed by atoms with E-state index in [2.05, 4.69) is 15.9 Å². The van der Waals surface area contributed by atoms with Gasteiger partial charge in [-0.05, 0) is 51.5 Å². The van der Waals surface area contributed by atoms with Gasteiger partial charge in [-0.15, -0.1) is 0 Å². The van der Waals surface area contributed by atoms with Crippen LogP contribution in [0.1, 0.15) is 11.1 Å². The van der Waals surface area contributed by atoms with Crippen molar-refractivity contribution in [2.45, 2.75) is 6.54 Å². The lowest BCUT2D eigenvalue weighted by molar-refractivity contribution is -0.123. The number of amides is 2. The molecule has 1 aliphatic rings. The molecule has 0 unspecified atom stereocenters. The van der Waals surface area contributed by atoms with Crippen LogP contribution in [0.25, 0.3) is 6.08 Å². The standard InChI is InChI=1S/C17H11BrClNO3S/c18-13-8-12(19)6-11(15(13)21)7-14-16(22)20(17(23)24-14)9-10-4-2-1-3-5-10/h1-8,21H,9H2/b14-7-. The molecule has 7 heteroatoms. The van der Waals surface area contributed by atoms with Gasteiger partial charge in [0.2, 0.25) is 0 Å². The lowest BCUT2D eigenvalue weighted by atomic mass is 10.1. The zero-order valence-corrected chi connectivity index (χ0v) is 15.4. The lowest BCUT2D eigenvalue weighted by Crippen LogP contribution is -2.27. The molecule has 1 saturated heterocycles. The van der Waals surface area contributed by atoms with Gasteiger partial charge in [0.05, 0.1) is 15.9 Å². The Balaban J connectivity index is 1.89. The second-order valence-electron chi connectivity index (χ2n) is 5.08. The highest BCUT2D eigenvalue weighted by molar-refractivity contribution is 9.10. The molecule has 1 fully saturated rings. The first-order valence-corrected chi connectivity index (χ1v) is 8.92. The number of phenolic OH excluding ortho intramolecular Hbond substituents is 1. The summed E-state index contributed by atoms with van der Waals surface area (Å²) in [6.07, 6.45) is 1.47. The minimum atomic E-state index is -0.385. The maximum atomic E-state index is 12.5. The van der Waals surface area contributed by atoms with E-state index in [0.717, 1.165) is 17.3 Å². The second kappa shape index (κ2) is 7.01. The van der Waals surface area contributed by atoms with Crippen molar-refractivity contribution in [1.29, 1.82) is 0 Å². The molecule has 1 aliphatic heterocycles. The van der Waals surface area contributed by atoms with E-state index in [-0.39, 0.29) is 28.3 Å². The Morgan fingerprint density at radius 2 is 1.92 bits per heavy atom. The number of phenols is 1. The summed E-state index contributed by atoms with van der Waals surface area (Å²) in [6, 6.07) is 12.4. The van der Waals surface area contributed by atoms with Gasteiger partial charge < -0.3 is 5.11 Å². The Morgan fingerprint density at radius 1 is 1.21 bits per heavy atom. The first-order chi connectivity index (χ1) is 11.5. The highest BCUT2D eigenvalue weighted by atomic mass is 79.9. The molecule has 4 nitrogen and oxygen atoms in total. The van der Waals surface area contributed by atoms with Crippen LogP contribution < -0.4 is 0 Å². The lowest BCUT2D eigenvalue weighted by Gasteiger charge is -2.12. The predicted molar refractivity (Wildman–Crippen MR) is 98.8 cm³/mol. The molecule has 0 aromatic heterocycles. The minimum Gasteiger partial charge on any atom is -0.506 e. The number of nitrogens with zero attached hydrogens (tertiary/aromatic N) is 1. The van der Waals surface area contributed by atoms with Crippen molar-refractivity contribution in [3.8, 4) is 5.75 Å². The van der Waals surface area contributed by atoms with Crippen molar-refractivity contribution in [2.24, 2.45) is 0 Å². The summed E-state index contributed by atoms with van der Waals surface area (Å²) >= 11 is 10.0. The van der Waals surface area contributed by atoms with E-state index < -0.39 is 0 Å². The topological polar surface area (TPSA) is 57.6 Å². The molecule has 0 saturated carbocycles. The van der Waals surface area contributed by atoms with Crippen LogP contribution >= 0.6 is 39.3 Å². The van der Waals surface area contributed by atoms with Crippen LogP contribution in [0.2, 0.25) is 5.02 Å². The number of halogens is 2. The quantitative estimate of drug-likeness (QED) is 0.701. The summed E-state index contributed by atoms with van der Waals surface area (Å²) in [5, 5.41) is 10.1. The highest BCUT2D eigenvalue weighted by Crippen LogP contribution is 2.37. The maximum Gasteiger partial charge on any atom is 0.293 e. The van der Waals surface area contributed by atoms with Gasteiger partial charge in [-0.25, -0.2) is 0 Å². The van der Waals surface area contributed by atoms with E-state index >= 15 is 0 Å². The Kier molecular flexibility index (Phi) is 4.99. The van der Waals surface area contributed by atoms with Crippen molar-refractivity contribution >= 4 is 56.5 Å². The number of aromatic hydroxyl groups is 1. The van der Waals surface area contributed by atoms with Crippen molar-refractivity contribution in [3.63, 3.8) is 0 Å². The number of hydrogen-bond acceptors (Lipinski definition) is 4. The van der Waals surface area contributed by atoms with Crippen molar-refractivity contribution < 1.29 is 14.7 Å². The van der Waals surface area contributed by atoms with E-state index in [0.29, 0.717) is 15.1 Å². The molecule has 2 aromatic rings. The first-order valence-electron chi connectivity index (χ1n) is 6.93.